The van der Waals surface area contributed by atoms with E-state index in [2.05, 4.69) is 5.32 Å². The molecule has 0 saturated carbocycles. The second kappa shape index (κ2) is 4.00. The molecular weight excluding hydrogens is 213 g/mol. The summed E-state index contributed by atoms with van der Waals surface area (Å²) in [5.41, 5.74) is 1.04. The highest BCUT2D eigenvalue weighted by Crippen LogP contribution is 2.38. The fraction of sp³-hybridized carbons (Fsp3) is 0.364. The van der Waals surface area contributed by atoms with Crippen LogP contribution in [0.3, 0.4) is 0 Å². The molecule has 0 aromatic heterocycles. The molecule has 5 heteroatoms. The molecule has 0 spiro atoms. The number of carboxylic acids is 1. The molecule has 1 atom stereocenters. The number of anilines is 1. The number of carboxylic acid groups (broad SMARTS) is 1. The van der Waals surface area contributed by atoms with Crippen LogP contribution in [0.5, 0.6) is 5.75 Å². The van der Waals surface area contributed by atoms with Gasteiger partial charge in [-0.2, -0.15) is 0 Å². The predicted octanol–water partition coefficient (Wildman–Crippen LogP) is 1.82. The Labute approximate surface area is 92.0 Å². The van der Waals surface area contributed by atoms with E-state index in [-0.39, 0.29) is 0 Å². The molecule has 4 nitrogen and oxygen atoms in total. The third-order valence-electron chi connectivity index (χ3n) is 2.73. The molecule has 16 heavy (non-hydrogen) atoms. The zero-order valence-electron chi connectivity index (χ0n) is 8.79. The van der Waals surface area contributed by atoms with E-state index in [1.807, 2.05) is 0 Å². The predicted molar refractivity (Wildman–Crippen MR) is 56.4 cm³/mol. The molecule has 1 aromatic carbocycles. The molecule has 0 saturated heterocycles. The van der Waals surface area contributed by atoms with Gasteiger partial charge in [0.15, 0.2) is 0 Å². The maximum atomic E-state index is 13.3. The first-order valence-corrected chi connectivity index (χ1v) is 4.97. The van der Waals surface area contributed by atoms with Crippen LogP contribution in [0.4, 0.5) is 10.1 Å². The monoisotopic (exact) mass is 225 g/mol. The number of nitrogens with one attached hydrogen (secondary N) is 1. The molecule has 0 amide bonds. The maximum absolute atomic E-state index is 13.3. The minimum Gasteiger partial charge on any atom is -0.494 e. The van der Waals surface area contributed by atoms with Crippen molar-refractivity contribution >= 4 is 11.7 Å². The van der Waals surface area contributed by atoms with Crippen molar-refractivity contribution in [2.45, 2.75) is 12.3 Å². The highest BCUT2D eigenvalue weighted by atomic mass is 19.1. The Kier molecular flexibility index (Phi) is 2.68. The van der Waals surface area contributed by atoms with Gasteiger partial charge in [0.2, 0.25) is 0 Å². The minimum absolute atomic E-state index is 0.348. The first kappa shape index (κ1) is 10.7. The molecule has 1 aliphatic rings. The van der Waals surface area contributed by atoms with Gasteiger partial charge in [-0.3, -0.25) is 4.79 Å². The molecule has 86 valence electrons. The van der Waals surface area contributed by atoms with Gasteiger partial charge >= 0.3 is 5.97 Å². The van der Waals surface area contributed by atoms with Crippen LogP contribution in [0, 0.1) is 5.82 Å². The van der Waals surface area contributed by atoms with Gasteiger partial charge in [-0.25, -0.2) is 4.39 Å². The number of benzene rings is 1. The lowest BCUT2D eigenvalue weighted by atomic mass is 9.90. The van der Waals surface area contributed by atoms with Crippen LogP contribution < -0.4 is 10.1 Å². The molecular formula is C11H12FNO3. The van der Waals surface area contributed by atoms with E-state index >= 15 is 0 Å². The summed E-state index contributed by atoms with van der Waals surface area (Å²) in [6.45, 7) is 0.548. The second-order valence-corrected chi connectivity index (χ2v) is 3.68. The van der Waals surface area contributed by atoms with Crippen molar-refractivity contribution in [1.82, 2.24) is 0 Å². The zero-order valence-corrected chi connectivity index (χ0v) is 8.79. The number of rotatable bonds is 2. The quantitative estimate of drug-likeness (QED) is 0.806. The third-order valence-corrected chi connectivity index (χ3v) is 2.73. The molecule has 1 aromatic rings. The summed E-state index contributed by atoms with van der Waals surface area (Å²) >= 11 is 0. The lowest BCUT2D eigenvalue weighted by Crippen LogP contribution is -2.23. The van der Waals surface area contributed by atoms with Gasteiger partial charge in [-0.1, -0.05) is 0 Å². The second-order valence-electron chi connectivity index (χ2n) is 3.68. The number of ether oxygens (including phenoxy) is 1. The number of hydrogen-bond acceptors (Lipinski definition) is 3. The Hall–Kier alpha value is -1.78. The van der Waals surface area contributed by atoms with E-state index < -0.39 is 17.7 Å². The van der Waals surface area contributed by atoms with Gasteiger partial charge in [0.1, 0.15) is 11.6 Å². The summed E-state index contributed by atoms with van der Waals surface area (Å²) in [6.07, 6.45) is 0.453. The average Bonchev–Trinajstić information content (AvgIpc) is 2.26. The van der Waals surface area contributed by atoms with Gasteiger partial charge in [-0.15, -0.1) is 0 Å². The first-order chi connectivity index (χ1) is 7.63. The Bertz CT molecular complexity index is 433. The average molecular weight is 225 g/mol. The van der Waals surface area contributed by atoms with Gasteiger partial charge in [-0.05, 0) is 18.1 Å². The Morgan fingerprint density at radius 2 is 2.38 bits per heavy atom. The fourth-order valence-electron chi connectivity index (χ4n) is 1.98. The van der Waals surface area contributed by atoms with Crippen molar-refractivity contribution < 1.29 is 19.0 Å². The number of methoxy groups -OCH3 is 1. The number of fused-ring (bicyclic) bond motifs is 1. The van der Waals surface area contributed by atoms with Gasteiger partial charge in [0.05, 0.1) is 18.7 Å². The molecule has 1 heterocycles. The van der Waals surface area contributed by atoms with Gasteiger partial charge in [0.25, 0.3) is 0 Å². The Morgan fingerprint density at radius 3 is 3.00 bits per heavy atom. The van der Waals surface area contributed by atoms with Crippen molar-refractivity contribution in [3.63, 3.8) is 0 Å². The van der Waals surface area contributed by atoms with Crippen LogP contribution in [-0.4, -0.2) is 24.7 Å². The van der Waals surface area contributed by atoms with E-state index in [1.165, 1.54) is 19.2 Å². The molecule has 1 aliphatic heterocycles. The van der Waals surface area contributed by atoms with E-state index in [0.29, 0.717) is 30.0 Å². The van der Waals surface area contributed by atoms with Crippen molar-refractivity contribution in [3.8, 4) is 5.75 Å². The van der Waals surface area contributed by atoms with Crippen molar-refractivity contribution in [2.24, 2.45) is 0 Å². The van der Waals surface area contributed by atoms with E-state index in [0.717, 1.165) is 0 Å². The molecule has 1 unspecified atom stereocenters. The lowest BCUT2D eigenvalue weighted by Gasteiger charge is -2.25. The molecule has 0 aliphatic carbocycles. The van der Waals surface area contributed by atoms with Crippen LogP contribution in [-0.2, 0) is 4.79 Å². The third kappa shape index (κ3) is 1.68. The zero-order chi connectivity index (χ0) is 11.7. The number of hydrogen-bond donors (Lipinski definition) is 2. The van der Waals surface area contributed by atoms with Crippen LogP contribution in [0.2, 0.25) is 0 Å². The van der Waals surface area contributed by atoms with Gasteiger partial charge < -0.3 is 15.2 Å². The molecule has 0 radical (unpaired) electrons. The van der Waals surface area contributed by atoms with E-state index in [4.69, 9.17) is 9.84 Å². The van der Waals surface area contributed by atoms with Crippen LogP contribution in [0.15, 0.2) is 12.1 Å². The van der Waals surface area contributed by atoms with Crippen molar-refractivity contribution in [1.29, 1.82) is 0 Å². The molecule has 2 N–H and O–H groups in total. The van der Waals surface area contributed by atoms with Crippen molar-refractivity contribution in [3.05, 3.63) is 23.5 Å². The SMILES string of the molecule is COc1cc(F)cc2c1NCCC2C(=O)O. The van der Waals surface area contributed by atoms with Crippen LogP contribution in [0.1, 0.15) is 17.9 Å². The smallest absolute Gasteiger partial charge is 0.311 e. The number of halogens is 1. The summed E-state index contributed by atoms with van der Waals surface area (Å²) in [6, 6.07) is 2.50. The standard InChI is InChI=1S/C11H12FNO3/c1-16-9-5-6(12)4-8-7(11(14)15)2-3-13-10(8)9/h4-5,7,13H,2-3H2,1H3,(H,14,15). The summed E-state index contributed by atoms with van der Waals surface area (Å²) in [5, 5.41) is 12.1. The fourth-order valence-corrected chi connectivity index (χ4v) is 1.98. The highest BCUT2D eigenvalue weighted by molar-refractivity contribution is 5.81. The molecule has 0 bridgehead atoms. The van der Waals surface area contributed by atoms with Crippen molar-refractivity contribution in [2.75, 3.05) is 19.0 Å². The largest absolute Gasteiger partial charge is 0.494 e. The summed E-state index contributed by atoms with van der Waals surface area (Å²) in [5.74, 6) is -1.73. The number of carbonyl (C=O) groups is 1. The normalized spacial score (nSPS) is 18.5. The number of aliphatic carboxylic acids is 1. The first-order valence-electron chi connectivity index (χ1n) is 4.97. The highest BCUT2D eigenvalue weighted by Gasteiger charge is 2.28. The van der Waals surface area contributed by atoms with E-state index in [9.17, 15) is 9.18 Å². The van der Waals surface area contributed by atoms with Gasteiger partial charge in [0, 0.05) is 12.6 Å². The Balaban J connectivity index is 2.55. The topological polar surface area (TPSA) is 58.6 Å². The summed E-state index contributed by atoms with van der Waals surface area (Å²) < 4.78 is 18.3. The lowest BCUT2D eigenvalue weighted by molar-refractivity contribution is -0.138. The van der Waals surface area contributed by atoms with Crippen LogP contribution in [0.25, 0.3) is 0 Å². The molecule has 0 fully saturated rings. The molecule has 2 rings (SSSR count). The Morgan fingerprint density at radius 1 is 1.62 bits per heavy atom. The summed E-state index contributed by atoms with van der Waals surface area (Å²) in [4.78, 5) is 11.0. The summed E-state index contributed by atoms with van der Waals surface area (Å²) in [7, 11) is 1.43. The van der Waals surface area contributed by atoms with E-state index in [1.54, 1.807) is 0 Å². The minimum atomic E-state index is -0.935. The maximum Gasteiger partial charge on any atom is 0.311 e. The van der Waals surface area contributed by atoms with Crippen LogP contribution >= 0.6 is 0 Å².